The highest BCUT2D eigenvalue weighted by Crippen LogP contribution is 2.55. The minimum atomic E-state index is 0.432. The normalized spacial score (nSPS) is 28.1. The Kier molecular flexibility index (Phi) is 3.07. The summed E-state index contributed by atoms with van der Waals surface area (Å²) in [6.45, 7) is 7.83. The van der Waals surface area contributed by atoms with Crippen LogP contribution in [0.25, 0.3) is 0 Å². The summed E-state index contributed by atoms with van der Waals surface area (Å²) in [6, 6.07) is 6.99. The molecule has 0 aromatic heterocycles. The average molecular weight is 217 g/mol. The zero-order valence-corrected chi connectivity index (χ0v) is 10.9. The van der Waals surface area contributed by atoms with Crippen LogP contribution in [0.15, 0.2) is 18.2 Å². The molecule has 0 spiro atoms. The van der Waals surface area contributed by atoms with Crippen LogP contribution in [-0.2, 0) is 5.41 Å². The largest absolute Gasteiger partial charge is 0.319 e. The van der Waals surface area contributed by atoms with Crippen LogP contribution < -0.4 is 5.32 Å². The number of aryl methyl sites for hydroxylation is 2. The second-order valence-electron chi connectivity index (χ2n) is 5.29. The van der Waals surface area contributed by atoms with Gasteiger partial charge in [0, 0.05) is 12.0 Å². The number of hydrogen-bond donors (Lipinski definition) is 1. The third-order valence-corrected chi connectivity index (χ3v) is 4.30. The van der Waals surface area contributed by atoms with Gasteiger partial charge in [0.25, 0.3) is 0 Å². The average Bonchev–Trinajstić information content (AvgIpc) is 2.97. The molecule has 1 aliphatic rings. The lowest BCUT2D eigenvalue weighted by Gasteiger charge is -2.18. The lowest BCUT2D eigenvalue weighted by molar-refractivity contribution is 0.553. The molecule has 16 heavy (non-hydrogen) atoms. The van der Waals surface area contributed by atoms with Crippen LogP contribution in [0.4, 0.5) is 0 Å². The molecular formula is C15H23N. The topological polar surface area (TPSA) is 12.0 Å². The smallest absolute Gasteiger partial charge is 0.0109 e. The molecular weight excluding hydrogens is 194 g/mol. The molecule has 2 rings (SSSR count). The van der Waals surface area contributed by atoms with Crippen LogP contribution in [0.1, 0.15) is 36.5 Å². The number of likely N-dealkylation sites (N-methyl/N-ethyl adjacent to an activating group) is 1. The molecule has 0 amide bonds. The van der Waals surface area contributed by atoms with E-state index < -0.39 is 0 Å². The Hall–Kier alpha value is -0.820. The van der Waals surface area contributed by atoms with Crippen molar-refractivity contribution < 1.29 is 0 Å². The van der Waals surface area contributed by atoms with Gasteiger partial charge in [-0.2, -0.15) is 0 Å². The van der Waals surface area contributed by atoms with Crippen LogP contribution in [0.2, 0.25) is 0 Å². The van der Waals surface area contributed by atoms with Crippen LogP contribution >= 0.6 is 0 Å². The van der Waals surface area contributed by atoms with E-state index in [2.05, 4.69) is 51.3 Å². The van der Waals surface area contributed by atoms with Crippen molar-refractivity contribution in [2.45, 2.75) is 39.0 Å². The van der Waals surface area contributed by atoms with E-state index in [1.54, 1.807) is 0 Å². The molecule has 1 fully saturated rings. The molecule has 2 atom stereocenters. The van der Waals surface area contributed by atoms with Crippen LogP contribution in [0, 0.1) is 19.8 Å². The molecule has 0 heterocycles. The Morgan fingerprint density at radius 1 is 1.31 bits per heavy atom. The SMILES string of the molecule is CCC1CC1(CNC)c1ccc(C)c(C)c1. The van der Waals surface area contributed by atoms with Gasteiger partial charge in [-0.1, -0.05) is 31.5 Å². The predicted molar refractivity (Wildman–Crippen MR) is 69.9 cm³/mol. The van der Waals surface area contributed by atoms with Crippen molar-refractivity contribution >= 4 is 0 Å². The molecule has 0 radical (unpaired) electrons. The van der Waals surface area contributed by atoms with Crippen LogP contribution in [0.5, 0.6) is 0 Å². The maximum absolute atomic E-state index is 3.37. The maximum atomic E-state index is 3.37. The van der Waals surface area contributed by atoms with E-state index in [1.165, 1.54) is 29.5 Å². The lowest BCUT2D eigenvalue weighted by Crippen LogP contribution is -2.25. The van der Waals surface area contributed by atoms with Gasteiger partial charge in [0.15, 0.2) is 0 Å². The third kappa shape index (κ3) is 1.78. The summed E-state index contributed by atoms with van der Waals surface area (Å²) in [7, 11) is 2.06. The zero-order valence-electron chi connectivity index (χ0n) is 10.9. The van der Waals surface area contributed by atoms with Crippen LogP contribution in [-0.4, -0.2) is 13.6 Å². The standard InChI is InChI=1S/C15H23N/c1-5-13-9-15(13,10-16-4)14-7-6-11(2)12(3)8-14/h6-8,13,16H,5,9-10H2,1-4H3. The molecule has 1 aromatic carbocycles. The lowest BCUT2D eigenvalue weighted by atomic mass is 9.90. The van der Waals surface area contributed by atoms with Gasteiger partial charge < -0.3 is 5.32 Å². The first-order valence-corrected chi connectivity index (χ1v) is 6.36. The minimum Gasteiger partial charge on any atom is -0.319 e. The second kappa shape index (κ2) is 4.21. The first-order chi connectivity index (χ1) is 7.64. The number of nitrogens with one attached hydrogen (secondary N) is 1. The molecule has 1 aliphatic carbocycles. The van der Waals surface area contributed by atoms with Gasteiger partial charge in [-0.15, -0.1) is 0 Å². The molecule has 1 nitrogen and oxygen atoms in total. The molecule has 2 unspecified atom stereocenters. The van der Waals surface area contributed by atoms with Crippen LogP contribution in [0.3, 0.4) is 0 Å². The minimum absolute atomic E-state index is 0.432. The Labute approximate surface area is 99.3 Å². The van der Waals surface area contributed by atoms with E-state index >= 15 is 0 Å². The predicted octanol–water partition coefficient (Wildman–Crippen LogP) is 3.19. The first kappa shape index (κ1) is 11.7. The summed E-state index contributed by atoms with van der Waals surface area (Å²) in [4.78, 5) is 0. The second-order valence-corrected chi connectivity index (χ2v) is 5.29. The maximum Gasteiger partial charge on any atom is 0.0109 e. The number of hydrogen-bond acceptors (Lipinski definition) is 1. The van der Waals surface area contributed by atoms with Crippen molar-refractivity contribution in [1.29, 1.82) is 0 Å². The molecule has 0 aliphatic heterocycles. The van der Waals surface area contributed by atoms with E-state index in [1.807, 2.05) is 0 Å². The van der Waals surface area contributed by atoms with E-state index in [0.717, 1.165) is 12.5 Å². The Morgan fingerprint density at radius 3 is 2.56 bits per heavy atom. The Balaban J connectivity index is 2.31. The van der Waals surface area contributed by atoms with Crippen molar-refractivity contribution in [3.63, 3.8) is 0 Å². The quantitative estimate of drug-likeness (QED) is 0.816. The number of benzene rings is 1. The Bertz CT molecular complexity index is 383. The summed E-state index contributed by atoms with van der Waals surface area (Å²) in [5.41, 5.74) is 4.80. The van der Waals surface area contributed by atoms with Gasteiger partial charge in [-0.3, -0.25) is 0 Å². The molecule has 88 valence electrons. The van der Waals surface area contributed by atoms with E-state index in [9.17, 15) is 0 Å². The van der Waals surface area contributed by atoms with Crippen molar-refractivity contribution in [2.75, 3.05) is 13.6 Å². The fourth-order valence-electron chi connectivity index (χ4n) is 2.95. The summed E-state index contributed by atoms with van der Waals surface area (Å²) >= 11 is 0. The van der Waals surface area contributed by atoms with E-state index in [-0.39, 0.29) is 0 Å². The number of rotatable bonds is 4. The fraction of sp³-hybridized carbons (Fsp3) is 0.600. The molecule has 1 aromatic rings. The van der Waals surface area contributed by atoms with Gasteiger partial charge in [0.1, 0.15) is 0 Å². The highest BCUT2D eigenvalue weighted by atomic mass is 14.9. The monoisotopic (exact) mass is 217 g/mol. The third-order valence-electron chi connectivity index (χ3n) is 4.30. The summed E-state index contributed by atoms with van der Waals surface area (Å²) in [6.07, 6.45) is 2.65. The summed E-state index contributed by atoms with van der Waals surface area (Å²) in [5.74, 6) is 0.877. The van der Waals surface area contributed by atoms with Crippen molar-refractivity contribution in [2.24, 2.45) is 5.92 Å². The zero-order chi connectivity index (χ0) is 11.8. The van der Waals surface area contributed by atoms with Gasteiger partial charge in [0.05, 0.1) is 0 Å². The van der Waals surface area contributed by atoms with E-state index in [0.29, 0.717) is 5.41 Å². The molecule has 1 heteroatoms. The fourth-order valence-corrected chi connectivity index (χ4v) is 2.95. The van der Waals surface area contributed by atoms with Crippen molar-refractivity contribution in [3.05, 3.63) is 34.9 Å². The van der Waals surface area contributed by atoms with Gasteiger partial charge in [-0.05, 0) is 49.9 Å². The Morgan fingerprint density at radius 2 is 2.06 bits per heavy atom. The molecule has 1 saturated carbocycles. The van der Waals surface area contributed by atoms with Gasteiger partial charge in [-0.25, -0.2) is 0 Å². The molecule has 0 saturated heterocycles. The first-order valence-electron chi connectivity index (χ1n) is 6.36. The van der Waals surface area contributed by atoms with Gasteiger partial charge >= 0.3 is 0 Å². The summed E-state index contributed by atoms with van der Waals surface area (Å²) in [5, 5.41) is 3.37. The molecule has 0 bridgehead atoms. The highest BCUT2D eigenvalue weighted by molar-refractivity contribution is 5.39. The molecule has 1 N–H and O–H groups in total. The van der Waals surface area contributed by atoms with E-state index in [4.69, 9.17) is 0 Å². The summed E-state index contributed by atoms with van der Waals surface area (Å²) < 4.78 is 0. The van der Waals surface area contributed by atoms with Gasteiger partial charge in [0.2, 0.25) is 0 Å². The van der Waals surface area contributed by atoms with Crippen molar-refractivity contribution in [1.82, 2.24) is 5.32 Å². The van der Waals surface area contributed by atoms with Crippen molar-refractivity contribution in [3.8, 4) is 0 Å². The highest BCUT2D eigenvalue weighted by Gasteiger charge is 2.53.